The lowest BCUT2D eigenvalue weighted by Gasteiger charge is -2.16. The van der Waals surface area contributed by atoms with Gasteiger partial charge in [0, 0.05) is 30.1 Å². The van der Waals surface area contributed by atoms with E-state index in [-0.39, 0.29) is 24.1 Å². The van der Waals surface area contributed by atoms with E-state index in [0.717, 1.165) is 23.6 Å². The molecule has 156 valence electrons. The van der Waals surface area contributed by atoms with Crippen LogP contribution in [0.1, 0.15) is 30.7 Å². The van der Waals surface area contributed by atoms with Crippen LogP contribution in [0, 0.1) is 0 Å². The summed E-state index contributed by atoms with van der Waals surface area (Å²) in [5.74, 6) is 0.863. The average molecular weight is 417 g/mol. The van der Waals surface area contributed by atoms with Gasteiger partial charge in [0.2, 0.25) is 5.91 Å². The van der Waals surface area contributed by atoms with Crippen molar-refractivity contribution in [1.29, 1.82) is 0 Å². The molecule has 1 aromatic heterocycles. The molecule has 1 aliphatic heterocycles. The Morgan fingerprint density at radius 3 is 2.47 bits per heavy atom. The molecule has 30 heavy (non-hydrogen) atoms. The van der Waals surface area contributed by atoms with Crippen LogP contribution in [0.2, 0.25) is 0 Å². The van der Waals surface area contributed by atoms with Gasteiger partial charge in [0.1, 0.15) is 5.75 Å². The van der Waals surface area contributed by atoms with Gasteiger partial charge >= 0.3 is 6.18 Å². The molecule has 0 N–H and O–H groups in total. The van der Waals surface area contributed by atoms with Gasteiger partial charge in [-0.3, -0.25) is 4.79 Å². The summed E-state index contributed by atoms with van der Waals surface area (Å²) in [6.07, 6.45) is -4.19. The number of hydrogen-bond acceptors (Lipinski definition) is 5. The number of ether oxygens (including phenoxy) is 1. The van der Waals surface area contributed by atoms with E-state index in [0.29, 0.717) is 24.5 Å². The van der Waals surface area contributed by atoms with Crippen LogP contribution in [0.4, 0.5) is 18.9 Å². The van der Waals surface area contributed by atoms with Crippen LogP contribution >= 0.6 is 0 Å². The third kappa shape index (κ3) is 4.00. The van der Waals surface area contributed by atoms with Gasteiger partial charge in [-0.15, -0.1) is 0 Å². The van der Waals surface area contributed by atoms with E-state index < -0.39 is 11.7 Å². The highest BCUT2D eigenvalue weighted by Gasteiger charge is 2.35. The Labute approximate surface area is 170 Å². The quantitative estimate of drug-likeness (QED) is 0.603. The topological polar surface area (TPSA) is 68.5 Å². The molecule has 1 fully saturated rings. The molecule has 0 saturated carbocycles. The van der Waals surface area contributed by atoms with E-state index in [1.54, 1.807) is 17.0 Å². The molecular weight excluding hydrogens is 399 g/mol. The number of amides is 1. The predicted octanol–water partition coefficient (Wildman–Crippen LogP) is 4.67. The Morgan fingerprint density at radius 1 is 1.13 bits per heavy atom. The minimum Gasteiger partial charge on any atom is -0.494 e. The Hall–Kier alpha value is -3.36. The second-order valence-corrected chi connectivity index (χ2v) is 6.87. The van der Waals surface area contributed by atoms with Gasteiger partial charge in [-0.2, -0.15) is 18.2 Å². The Bertz CT molecular complexity index is 1030. The van der Waals surface area contributed by atoms with Crippen LogP contribution in [-0.4, -0.2) is 29.2 Å². The molecule has 0 radical (unpaired) electrons. The molecular formula is C21H18F3N3O3. The van der Waals surface area contributed by atoms with Gasteiger partial charge in [-0.05, 0) is 55.5 Å². The van der Waals surface area contributed by atoms with Crippen LogP contribution in [0.5, 0.6) is 5.75 Å². The Balaban J connectivity index is 1.48. The van der Waals surface area contributed by atoms with Crippen molar-refractivity contribution in [3.8, 4) is 17.2 Å². The van der Waals surface area contributed by atoms with Crippen molar-refractivity contribution in [2.45, 2.75) is 25.4 Å². The minimum absolute atomic E-state index is 0.0648. The van der Waals surface area contributed by atoms with Gasteiger partial charge in [0.05, 0.1) is 12.2 Å². The maximum atomic E-state index is 12.7. The SMILES string of the molecule is CCOc1ccc(N2CC(c3noc(-c4ccc(C(F)(F)F)cc4)n3)CC2=O)cc1. The number of aromatic nitrogens is 2. The van der Waals surface area contributed by atoms with Gasteiger partial charge in [0.25, 0.3) is 5.89 Å². The zero-order valence-electron chi connectivity index (χ0n) is 16.0. The number of rotatable bonds is 5. The molecule has 0 aliphatic carbocycles. The van der Waals surface area contributed by atoms with Gasteiger partial charge < -0.3 is 14.2 Å². The number of carbonyl (C=O) groups excluding carboxylic acids is 1. The molecule has 9 heteroatoms. The first-order chi connectivity index (χ1) is 14.3. The summed E-state index contributed by atoms with van der Waals surface area (Å²) < 4.78 is 48.8. The summed E-state index contributed by atoms with van der Waals surface area (Å²) >= 11 is 0. The van der Waals surface area contributed by atoms with Crippen molar-refractivity contribution >= 4 is 11.6 Å². The lowest BCUT2D eigenvalue weighted by molar-refractivity contribution is -0.137. The molecule has 0 bridgehead atoms. The standard InChI is InChI=1S/C21H18F3N3O3/c1-2-29-17-9-7-16(8-10-17)27-12-14(11-18(27)28)19-25-20(30-26-19)13-3-5-15(6-4-13)21(22,23)24/h3-10,14H,2,11-12H2,1H3. The highest BCUT2D eigenvalue weighted by Crippen LogP contribution is 2.33. The number of anilines is 1. The largest absolute Gasteiger partial charge is 0.494 e. The first kappa shape index (κ1) is 19.9. The molecule has 1 unspecified atom stereocenters. The fourth-order valence-electron chi connectivity index (χ4n) is 3.34. The monoisotopic (exact) mass is 417 g/mol. The zero-order chi connectivity index (χ0) is 21.3. The molecule has 1 saturated heterocycles. The molecule has 0 spiro atoms. The molecule has 6 nitrogen and oxygen atoms in total. The molecule has 1 amide bonds. The third-order valence-electron chi connectivity index (χ3n) is 4.85. The Kier molecular flexibility index (Phi) is 5.19. The normalized spacial score (nSPS) is 16.9. The third-order valence-corrected chi connectivity index (χ3v) is 4.85. The fraction of sp³-hybridized carbons (Fsp3) is 0.286. The fourth-order valence-corrected chi connectivity index (χ4v) is 3.34. The zero-order valence-corrected chi connectivity index (χ0v) is 16.0. The average Bonchev–Trinajstić information content (AvgIpc) is 3.35. The highest BCUT2D eigenvalue weighted by atomic mass is 19.4. The van der Waals surface area contributed by atoms with E-state index in [9.17, 15) is 18.0 Å². The number of benzene rings is 2. The summed E-state index contributed by atoms with van der Waals surface area (Å²) in [6, 6.07) is 11.7. The molecule has 4 rings (SSSR count). The molecule has 1 atom stereocenters. The summed E-state index contributed by atoms with van der Waals surface area (Å²) in [6.45, 7) is 2.84. The maximum Gasteiger partial charge on any atom is 0.416 e. The molecule has 1 aliphatic rings. The van der Waals surface area contributed by atoms with Gasteiger partial charge in [-0.25, -0.2) is 0 Å². The van der Waals surface area contributed by atoms with Gasteiger partial charge in [-0.1, -0.05) is 5.16 Å². The van der Waals surface area contributed by atoms with Crippen molar-refractivity contribution in [3.63, 3.8) is 0 Å². The highest BCUT2D eigenvalue weighted by molar-refractivity contribution is 5.96. The Morgan fingerprint density at radius 2 is 1.83 bits per heavy atom. The van der Waals surface area contributed by atoms with E-state index in [2.05, 4.69) is 10.1 Å². The van der Waals surface area contributed by atoms with Crippen LogP contribution in [0.25, 0.3) is 11.5 Å². The van der Waals surface area contributed by atoms with Crippen LogP contribution < -0.4 is 9.64 Å². The maximum absolute atomic E-state index is 12.7. The summed E-state index contributed by atoms with van der Waals surface area (Å²) in [5, 5.41) is 3.94. The van der Waals surface area contributed by atoms with E-state index in [4.69, 9.17) is 9.26 Å². The van der Waals surface area contributed by atoms with Crippen LogP contribution in [-0.2, 0) is 11.0 Å². The summed E-state index contributed by atoms with van der Waals surface area (Å²) in [5.41, 5.74) is 0.380. The molecule has 2 aromatic carbocycles. The van der Waals surface area contributed by atoms with Crippen molar-refractivity contribution in [2.75, 3.05) is 18.1 Å². The first-order valence-corrected chi connectivity index (χ1v) is 9.39. The van der Waals surface area contributed by atoms with E-state index in [1.807, 2.05) is 19.1 Å². The van der Waals surface area contributed by atoms with Crippen molar-refractivity contribution in [2.24, 2.45) is 0 Å². The van der Waals surface area contributed by atoms with Gasteiger partial charge in [0.15, 0.2) is 5.82 Å². The van der Waals surface area contributed by atoms with Crippen LogP contribution in [0.15, 0.2) is 53.1 Å². The van der Waals surface area contributed by atoms with Crippen molar-refractivity contribution < 1.29 is 27.2 Å². The second kappa shape index (κ2) is 7.81. The lowest BCUT2D eigenvalue weighted by atomic mass is 10.1. The lowest BCUT2D eigenvalue weighted by Crippen LogP contribution is -2.24. The summed E-state index contributed by atoms with van der Waals surface area (Å²) in [7, 11) is 0. The number of alkyl halides is 3. The first-order valence-electron chi connectivity index (χ1n) is 9.39. The number of halogens is 3. The summed E-state index contributed by atoms with van der Waals surface area (Å²) in [4.78, 5) is 18.4. The smallest absolute Gasteiger partial charge is 0.416 e. The number of carbonyl (C=O) groups is 1. The van der Waals surface area contributed by atoms with Crippen LogP contribution in [0.3, 0.4) is 0 Å². The van der Waals surface area contributed by atoms with Crippen molar-refractivity contribution in [3.05, 3.63) is 59.9 Å². The molecule has 2 heterocycles. The predicted molar refractivity (Wildman–Crippen MR) is 102 cm³/mol. The molecule has 3 aromatic rings. The number of hydrogen-bond donors (Lipinski definition) is 0. The van der Waals surface area contributed by atoms with E-state index in [1.165, 1.54) is 12.1 Å². The van der Waals surface area contributed by atoms with E-state index >= 15 is 0 Å². The minimum atomic E-state index is -4.41. The van der Waals surface area contributed by atoms with Crippen molar-refractivity contribution in [1.82, 2.24) is 10.1 Å². The second-order valence-electron chi connectivity index (χ2n) is 6.87. The number of nitrogens with zero attached hydrogens (tertiary/aromatic N) is 3.